The van der Waals surface area contributed by atoms with Crippen LogP contribution in [0.15, 0.2) is 23.1 Å². The van der Waals surface area contributed by atoms with Gasteiger partial charge in [0.1, 0.15) is 6.04 Å². The zero-order valence-corrected chi connectivity index (χ0v) is 12.1. The first-order valence-electron chi connectivity index (χ1n) is 5.23. The number of halogens is 1. The smallest absolute Gasteiger partial charge is 0.321 e. The molecular formula is C10H11ClN2O6S. The van der Waals surface area contributed by atoms with Gasteiger partial charge in [-0.25, -0.2) is 8.42 Å². The molecule has 0 spiro atoms. The Balaban J connectivity index is 3.46. The summed E-state index contributed by atoms with van der Waals surface area (Å²) < 4.78 is 25.0. The SMILES string of the molecule is CC(C(=O)O)N(C)S(=O)(=O)c1cc(Cl)ccc1[N+](=O)[O-]. The Labute approximate surface area is 119 Å². The van der Waals surface area contributed by atoms with E-state index >= 15 is 0 Å². The Kier molecular flexibility index (Phi) is 4.69. The molecule has 0 saturated carbocycles. The van der Waals surface area contributed by atoms with Crippen LogP contribution < -0.4 is 0 Å². The van der Waals surface area contributed by atoms with Crippen LogP contribution >= 0.6 is 11.6 Å². The van der Waals surface area contributed by atoms with Crippen LogP contribution in [0.3, 0.4) is 0 Å². The summed E-state index contributed by atoms with van der Waals surface area (Å²) in [6, 6.07) is 1.67. The van der Waals surface area contributed by atoms with Crippen molar-refractivity contribution in [2.24, 2.45) is 0 Å². The van der Waals surface area contributed by atoms with Gasteiger partial charge < -0.3 is 5.11 Å². The highest BCUT2D eigenvalue weighted by Gasteiger charge is 2.34. The van der Waals surface area contributed by atoms with E-state index in [2.05, 4.69) is 0 Å². The Morgan fingerprint density at radius 2 is 2.05 bits per heavy atom. The van der Waals surface area contributed by atoms with Gasteiger partial charge in [0, 0.05) is 18.1 Å². The molecule has 10 heteroatoms. The molecule has 110 valence electrons. The predicted molar refractivity (Wildman–Crippen MR) is 70.2 cm³/mol. The van der Waals surface area contributed by atoms with Crippen LogP contribution in [0.1, 0.15) is 6.92 Å². The van der Waals surface area contributed by atoms with Crippen molar-refractivity contribution in [3.05, 3.63) is 33.3 Å². The zero-order chi connectivity index (χ0) is 15.7. The number of nitro benzene ring substituents is 1. The molecule has 0 heterocycles. The van der Waals surface area contributed by atoms with Gasteiger partial charge in [-0.3, -0.25) is 14.9 Å². The van der Waals surface area contributed by atoms with Gasteiger partial charge in [-0.05, 0) is 19.1 Å². The van der Waals surface area contributed by atoms with Gasteiger partial charge in [0.05, 0.1) is 4.92 Å². The second-order valence-electron chi connectivity index (χ2n) is 3.90. The lowest BCUT2D eigenvalue weighted by Gasteiger charge is -2.20. The molecule has 1 atom stereocenters. The number of benzene rings is 1. The minimum Gasteiger partial charge on any atom is -0.480 e. The van der Waals surface area contributed by atoms with Crippen molar-refractivity contribution >= 4 is 33.3 Å². The Hall–Kier alpha value is -1.71. The molecule has 0 aromatic heterocycles. The number of sulfonamides is 1. The predicted octanol–water partition coefficient (Wildman–Crippen LogP) is 1.34. The fourth-order valence-electron chi connectivity index (χ4n) is 1.36. The average molecular weight is 323 g/mol. The molecule has 0 radical (unpaired) electrons. The molecular weight excluding hydrogens is 312 g/mol. The Bertz CT molecular complexity index is 660. The van der Waals surface area contributed by atoms with Crippen LogP contribution in [-0.4, -0.2) is 41.8 Å². The number of aliphatic carboxylic acids is 1. The van der Waals surface area contributed by atoms with E-state index < -0.39 is 37.5 Å². The number of rotatable bonds is 5. The summed E-state index contributed by atoms with van der Waals surface area (Å²) >= 11 is 5.65. The maximum absolute atomic E-state index is 12.3. The molecule has 0 saturated heterocycles. The molecule has 0 aliphatic heterocycles. The molecule has 1 rings (SSSR count). The van der Waals surface area contributed by atoms with E-state index in [-0.39, 0.29) is 5.02 Å². The normalized spacial score (nSPS) is 13.2. The van der Waals surface area contributed by atoms with E-state index in [1.807, 2.05) is 0 Å². The van der Waals surface area contributed by atoms with Crippen molar-refractivity contribution in [1.29, 1.82) is 0 Å². The summed E-state index contributed by atoms with van der Waals surface area (Å²) in [7, 11) is -3.33. The number of hydrogen-bond donors (Lipinski definition) is 1. The van der Waals surface area contributed by atoms with E-state index in [4.69, 9.17) is 16.7 Å². The number of nitrogens with zero attached hydrogens (tertiary/aromatic N) is 2. The second-order valence-corrected chi connectivity index (χ2v) is 6.31. The number of likely N-dealkylation sites (N-methyl/N-ethyl adjacent to an activating group) is 1. The number of carboxylic acid groups (broad SMARTS) is 1. The molecule has 1 unspecified atom stereocenters. The van der Waals surface area contributed by atoms with E-state index in [1.165, 1.54) is 6.07 Å². The first-order valence-corrected chi connectivity index (χ1v) is 7.05. The van der Waals surface area contributed by atoms with E-state index in [0.29, 0.717) is 4.31 Å². The Morgan fingerprint density at radius 3 is 2.50 bits per heavy atom. The standard InChI is InChI=1S/C10H11ClN2O6S/c1-6(10(14)15)12(2)20(18,19)9-5-7(11)3-4-8(9)13(16)17/h3-6H,1-2H3,(H,14,15). The van der Waals surface area contributed by atoms with E-state index in [9.17, 15) is 23.3 Å². The zero-order valence-electron chi connectivity index (χ0n) is 10.5. The molecule has 1 aromatic carbocycles. The van der Waals surface area contributed by atoms with Crippen LogP contribution in [0, 0.1) is 10.1 Å². The number of hydrogen-bond acceptors (Lipinski definition) is 5. The summed E-state index contributed by atoms with van der Waals surface area (Å²) in [4.78, 5) is 20.2. The summed E-state index contributed by atoms with van der Waals surface area (Å²) in [6.45, 7) is 1.15. The summed E-state index contributed by atoms with van der Waals surface area (Å²) in [5.74, 6) is -1.37. The monoisotopic (exact) mass is 322 g/mol. The van der Waals surface area contributed by atoms with Crippen LogP contribution in [0.25, 0.3) is 0 Å². The highest BCUT2D eigenvalue weighted by Crippen LogP contribution is 2.29. The third-order valence-corrected chi connectivity index (χ3v) is 4.87. The van der Waals surface area contributed by atoms with Crippen LogP contribution in [-0.2, 0) is 14.8 Å². The van der Waals surface area contributed by atoms with Crippen molar-refractivity contribution < 1.29 is 23.2 Å². The van der Waals surface area contributed by atoms with Gasteiger partial charge >= 0.3 is 5.97 Å². The number of nitro groups is 1. The molecule has 0 fully saturated rings. The quantitative estimate of drug-likeness (QED) is 0.645. The summed E-state index contributed by atoms with van der Waals surface area (Å²) in [5.41, 5.74) is -0.668. The topological polar surface area (TPSA) is 118 Å². The molecule has 0 bridgehead atoms. The first kappa shape index (κ1) is 16.3. The molecule has 0 aliphatic carbocycles. The van der Waals surface area contributed by atoms with Crippen LogP contribution in [0.2, 0.25) is 5.02 Å². The summed E-state index contributed by atoms with van der Waals surface area (Å²) in [5, 5.41) is 19.7. The molecule has 20 heavy (non-hydrogen) atoms. The lowest BCUT2D eigenvalue weighted by atomic mass is 10.3. The van der Waals surface area contributed by atoms with Gasteiger partial charge in [-0.1, -0.05) is 11.6 Å². The van der Waals surface area contributed by atoms with Crippen molar-refractivity contribution in [2.75, 3.05) is 7.05 Å². The minimum absolute atomic E-state index is 0.00875. The summed E-state index contributed by atoms with van der Waals surface area (Å²) in [6.07, 6.45) is 0. The van der Waals surface area contributed by atoms with Crippen LogP contribution in [0.4, 0.5) is 5.69 Å². The largest absolute Gasteiger partial charge is 0.480 e. The van der Waals surface area contributed by atoms with Crippen molar-refractivity contribution in [1.82, 2.24) is 4.31 Å². The lowest BCUT2D eigenvalue weighted by molar-refractivity contribution is -0.387. The van der Waals surface area contributed by atoms with E-state index in [0.717, 1.165) is 26.1 Å². The second kappa shape index (κ2) is 5.73. The highest BCUT2D eigenvalue weighted by atomic mass is 35.5. The average Bonchev–Trinajstić information content (AvgIpc) is 2.36. The lowest BCUT2D eigenvalue weighted by Crippen LogP contribution is -2.40. The van der Waals surface area contributed by atoms with Gasteiger partial charge in [0.25, 0.3) is 5.69 Å². The van der Waals surface area contributed by atoms with Gasteiger partial charge in [0.15, 0.2) is 4.90 Å². The number of carbonyl (C=O) groups is 1. The van der Waals surface area contributed by atoms with Gasteiger partial charge in [-0.15, -0.1) is 0 Å². The maximum atomic E-state index is 12.3. The fourth-order valence-corrected chi connectivity index (χ4v) is 3.10. The number of carboxylic acids is 1. The van der Waals surface area contributed by atoms with Crippen molar-refractivity contribution in [2.45, 2.75) is 17.9 Å². The van der Waals surface area contributed by atoms with Crippen molar-refractivity contribution in [3.63, 3.8) is 0 Å². The first-order chi connectivity index (χ1) is 9.09. The molecule has 8 nitrogen and oxygen atoms in total. The third-order valence-electron chi connectivity index (χ3n) is 2.68. The minimum atomic E-state index is -4.36. The van der Waals surface area contributed by atoms with Crippen molar-refractivity contribution in [3.8, 4) is 0 Å². The molecule has 0 amide bonds. The van der Waals surface area contributed by atoms with Crippen LogP contribution in [0.5, 0.6) is 0 Å². The highest BCUT2D eigenvalue weighted by molar-refractivity contribution is 7.89. The fraction of sp³-hybridized carbons (Fsp3) is 0.300. The van der Waals surface area contributed by atoms with Gasteiger partial charge in [-0.2, -0.15) is 4.31 Å². The Morgan fingerprint density at radius 1 is 1.50 bits per heavy atom. The molecule has 0 aliphatic rings. The maximum Gasteiger partial charge on any atom is 0.321 e. The van der Waals surface area contributed by atoms with Gasteiger partial charge in [0.2, 0.25) is 10.0 Å². The molecule has 1 N–H and O–H groups in total. The third kappa shape index (κ3) is 3.06. The molecule has 1 aromatic rings. The van der Waals surface area contributed by atoms with E-state index in [1.54, 1.807) is 0 Å².